The number of rotatable bonds is 9. The highest BCUT2D eigenvalue weighted by Crippen LogP contribution is 2.39. The first-order valence-corrected chi connectivity index (χ1v) is 11.4. The standard InChI is InChI=1S/C26H31N3O7/c1-32-19-10-18(11-20(14-19)33-2)26(31)29-8-6-16(7-9-29)25(30)28-21(15-27)17-12-22(34-3)24(36-5)23(13-17)35-4/h10-14,16,21H,6-9H2,1-5H3,(H,28,30). The molecule has 0 aliphatic carbocycles. The summed E-state index contributed by atoms with van der Waals surface area (Å²) in [5, 5.41) is 12.6. The van der Waals surface area contributed by atoms with Crippen molar-refractivity contribution >= 4 is 11.8 Å². The van der Waals surface area contributed by atoms with Crippen molar-refractivity contribution in [2.24, 2.45) is 5.92 Å². The summed E-state index contributed by atoms with van der Waals surface area (Å²) in [6.07, 6.45) is 0.957. The normalized spacial score (nSPS) is 14.3. The molecule has 192 valence electrons. The highest BCUT2D eigenvalue weighted by atomic mass is 16.5. The van der Waals surface area contributed by atoms with Gasteiger partial charge in [-0.3, -0.25) is 9.59 Å². The van der Waals surface area contributed by atoms with Gasteiger partial charge in [0, 0.05) is 30.6 Å². The number of benzene rings is 2. The van der Waals surface area contributed by atoms with Gasteiger partial charge in [-0.15, -0.1) is 0 Å². The third kappa shape index (κ3) is 5.74. The quantitative estimate of drug-likeness (QED) is 0.562. The van der Waals surface area contributed by atoms with Crippen LogP contribution in [-0.4, -0.2) is 65.4 Å². The summed E-state index contributed by atoms with van der Waals surface area (Å²) < 4.78 is 26.5. The second-order valence-corrected chi connectivity index (χ2v) is 8.20. The topological polar surface area (TPSA) is 119 Å². The van der Waals surface area contributed by atoms with Crippen molar-refractivity contribution in [3.05, 3.63) is 41.5 Å². The van der Waals surface area contributed by atoms with E-state index in [1.165, 1.54) is 35.5 Å². The molecule has 0 radical (unpaired) electrons. The van der Waals surface area contributed by atoms with Gasteiger partial charge < -0.3 is 33.9 Å². The molecule has 0 bridgehead atoms. The summed E-state index contributed by atoms with van der Waals surface area (Å²) in [5.41, 5.74) is 0.973. The largest absolute Gasteiger partial charge is 0.497 e. The third-order valence-electron chi connectivity index (χ3n) is 6.19. The van der Waals surface area contributed by atoms with Gasteiger partial charge in [-0.05, 0) is 42.7 Å². The molecule has 2 aromatic rings. The minimum Gasteiger partial charge on any atom is -0.497 e. The number of piperidine rings is 1. The molecule has 1 unspecified atom stereocenters. The first-order valence-electron chi connectivity index (χ1n) is 11.4. The van der Waals surface area contributed by atoms with Gasteiger partial charge in [0.05, 0.1) is 41.6 Å². The Balaban J connectivity index is 1.66. The van der Waals surface area contributed by atoms with Gasteiger partial charge in [-0.2, -0.15) is 5.26 Å². The summed E-state index contributed by atoms with van der Waals surface area (Å²) in [6.45, 7) is 0.829. The first kappa shape index (κ1) is 26.5. The van der Waals surface area contributed by atoms with Gasteiger partial charge in [-0.1, -0.05) is 0 Å². The molecule has 1 fully saturated rings. The Morgan fingerprint density at radius 1 is 0.889 bits per heavy atom. The number of hydrogen-bond acceptors (Lipinski definition) is 8. The van der Waals surface area contributed by atoms with Gasteiger partial charge in [0.15, 0.2) is 11.5 Å². The van der Waals surface area contributed by atoms with Crippen molar-refractivity contribution < 1.29 is 33.3 Å². The van der Waals surface area contributed by atoms with Crippen LogP contribution in [0.3, 0.4) is 0 Å². The zero-order valence-corrected chi connectivity index (χ0v) is 21.1. The molecule has 2 amide bonds. The maximum absolute atomic E-state index is 13.0. The van der Waals surface area contributed by atoms with Crippen LogP contribution in [0.25, 0.3) is 0 Å². The molecular weight excluding hydrogens is 466 g/mol. The average molecular weight is 498 g/mol. The number of carbonyl (C=O) groups excluding carboxylic acids is 2. The molecule has 1 N–H and O–H groups in total. The van der Waals surface area contributed by atoms with Crippen LogP contribution in [0.15, 0.2) is 30.3 Å². The predicted octanol–water partition coefficient (Wildman–Crippen LogP) is 2.96. The maximum Gasteiger partial charge on any atom is 0.254 e. The zero-order valence-electron chi connectivity index (χ0n) is 21.1. The van der Waals surface area contributed by atoms with Crippen molar-refractivity contribution in [1.29, 1.82) is 5.26 Å². The molecule has 1 aliphatic rings. The molecule has 3 rings (SSSR count). The number of ether oxygens (including phenoxy) is 5. The number of nitriles is 1. The Morgan fingerprint density at radius 2 is 1.44 bits per heavy atom. The Kier molecular flexibility index (Phi) is 8.84. The Hall–Kier alpha value is -4.13. The molecule has 1 aliphatic heterocycles. The van der Waals surface area contributed by atoms with Crippen LogP contribution in [0.4, 0.5) is 0 Å². The van der Waals surface area contributed by atoms with Crippen molar-refractivity contribution in [2.45, 2.75) is 18.9 Å². The van der Waals surface area contributed by atoms with E-state index in [-0.39, 0.29) is 17.7 Å². The lowest BCUT2D eigenvalue weighted by molar-refractivity contribution is -0.126. The SMILES string of the molecule is COc1cc(OC)cc(C(=O)N2CCC(C(=O)NC(C#N)c3cc(OC)c(OC)c(OC)c3)CC2)c1. The van der Waals surface area contributed by atoms with E-state index in [0.717, 1.165) is 0 Å². The Morgan fingerprint density at radius 3 is 1.89 bits per heavy atom. The minimum atomic E-state index is -0.907. The highest BCUT2D eigenvalue weighted by Gasteiger charge is 2.30. The molecule has 10 heteroatoms. The van der Waals surface area contributed by atoms with Gasteiger partial charge in [0.2, 0.25) is 11.7 Å². The van der Waals surface area contributed by atoms with Crippen LogP contribution >= 0.6 is 0 Å². The summed E-state index contributed by atoms with van der Waals surface area (Å²) in [7, 11) is 7.51. The van der Waals surface area contributed by atoms with Gasteiger partial charge >= 0.3 is 0 Å². The minimum absolute atomic E-state index is 0.154. The van der Waals surface area contributed by atoms with Crippen molar-refractivity contribution in [3.63, 3.8) is 0 Å². The monoisotopic (exact) mass is 497 g/mol. The van der Waals surface area contributed by atoms with Gasteiger partial charge in [0.1, 0.15) is 17.5 Å². The number of likely N-dealkylation sites (tertiary alicyclic amines) is 1. The fraction of sp³-hybridized carbons (Fsp3) is 0.423. The lowest BCUT2D eigenvalue weighted by atomic mass is 9.94. The Bertz CT molecular complexity index is 1090. The van der Waals surface area contributed by atoms with Crippen LogP contribution in [0, 0.1) is 17.2 Å². The first-order chi connectivity index (χ1) is 17.4. The van der Waals surface area contributed by atoms with E-state index in [9.17, 15) is 14.9 Å². The van der Waals surface area contributed by atoms with E-state index in [2.05, 4.69) is 11.4 Å². The lowest BCUT2D eigenvalue weighted by Crippen LogP contribution is -2.43. The maximum atomic E-state index is 13.0. The van der Waals surface area contributed by atoms with E-state index >= 15 is 0 Å². The van der Waals surface area contributed by atoms with Gasteiger partial charge in [-0.25, -0.2) is 0 Å². The van der Waals surface area contributed by atoms with Crippen LogP contribution in [0.5, 0.6) is 28.7 Å². The number of methoxy groups -OCH3 is 5. The summed E-state index contributed by atoms with van der Waals surface area (Å²) in [5.74, 6) is 1.51. The van der Waals surface area contributed by atoms with Crippen molar-refractivity contribution in [1.82, 2.24) is 10.2 Å². The lowest BCUT2D eigenvalue weighted by Gasteiger charge is -2.32. The van der Waals surface area contributed by atoms with E-state index < -0.39 is 6.04 Å². The molecule has 10 nitrogen and oxygen atoms in total. The summed E-state index contributed by atoms with van der Waals surface area (Å²) >= 11 is 0. The van der Waals surface area contributed by atoms with Crippen molar-refractivity contribution in [2.75, 3.05) is 48.6 Å². The number of carbonyl (C=O) groups is 2. The predicted molar refractivity (Wildman–Crippen MR) is 131 cm³/mol. The molecule has 2 aromatic carbocycles. The van der Waals surface area contributed by atoms with Crippen LogP contribution in [-0.2, 0) is 4.79 Å². The van der Waals surface area contributed by atoms with Crippen LogP contribution in [0.1, 0.15) is 34.8 Å². The molecular formula is C26H31N3O7. The summed E-state index contributed by atoms with van der Waals surface area (Å²) in [4.78, 5) is 27.7. The van der Waals surface area contributed by atoms with E-state index in [4.69, 9.17) is 23.7 Å². The number of nitrogens with one attached hydrogen (secondary N) is 1. The number of amides is 2. The average Bonchev–Trinajstić information content (AvgIpc) is 2.94. The van der Waals surface area contributed by atoms with Crippen LogP contribution < -0.4 is 29.0 Å². The third-order valence-corrected chi connectivity index (χ3v) is 6.19. The van der Waals surface area contributed by atoms with E-state index in [1.807, 2.05) is 0 Å². The Labute approximate surface area is 210 Å². The second kappa shape index (κ2) is 12.0. The summed E-state index contributed by atoms with van der Waals surface area (Å²) in [6, 6.07) is 9.53. The fourth-order valence-electron chi connectivity index (χ4n) is 4.18. The van der Waals surface area contributed by atoms with Crippen LogP contribution in [0.2, 0.25) is 0 Å². The molecule has 0 spiro atoms. The smallest absolute Gasteiger partial charge is 0.254 e. The van der Waals surface area contributed by atoms with Gasteiger partial charge in [0.25, 0.3) is 5.91 Å². The second-order valence-electron chi connectivity index (χ2n) is 8.20. The zero-order chi connectivity index (χ0) is 26.2. The molecule has 1 heterocycles. The molecule has 36 heavy (non-hydrogen) atoms. The van der Waals surface area contributed by atoms with E-state index in [0.29, 0.717) is 65.8 Å². The number of hydrogen-bond donors (Lipinski definition) is 1. The number of nitrogens with zero attached hydrogens (tertiary/aromatic N) is 2. The highest BCUT2D eigenvalue weighted by molar-refractivity contribution is 5.95. The van der Waals surface area contributed by atoms with E-state index in [1.54, 1.807) is 35.2 Å². The molecule has 0 saturated carbocycles. The molecule has 0 aromatic heterocycles. The molecule has 1 saturated heterocycles. The molecule has 1 atom stereocenters. The van der Waals surface area contributed by atoms with Crippen molar-refractivity contribution in [3.8, 4) is 34.8 Å². The fourth-order valence-corrected chi connectivity index (χ4v) is 4.18.